The zero-order chi connectivity index (χ0) is 29.1. The number of imidazole rings is 1. The standard InChI is InChI=1S/C27H32N6O6S/c28-20(10-16-4-2-1-3-5-16)24(35)33-23(14-40)26(37)31-21(12-18-13-29-15-30-18)25(36)32-22(27(38)39)11-17-6-8-19(34)9-7-17/h1-9,13,15,20-23,34,40H,10-12,14,28H2,(H,29,30)(H,31,37)(H,32,36)(H,33,35)(H,38,39). The average Bonchev–Trinajstić information content (AvgIpc) is 3.45. The second kappa shape index (κ2) is 14.7. The first-order valence-electron chi connectivity index (χ1n) is 12.5. The predicted molar refractivity (Wildman–Crippen MR) is 150 cm³/mol. The molecule has 8 N–H and O–H groups in total. The molecular weight excluding hydrogens is 536 g/mol. The summed E-state index contributed by atoms with van der Waals surface area (Å²) in [5.41, 5.74) is 7.98. The molecule has 0 spiro atoms. The molecule has 3 aromatic rings. The molecule has 4 unspecified atom stereocenters. The molecule has 1 heterocycles. The minimum absolute atomic E-state index is 0.0221. The lowest BCUT2D eigenvalue weighted by Crippen LogP contribution is -2.58. The third-order valence-electron chi connectivity index (χ3n) is 6.05. The fourth-order valence-electron chi connectivity index (χ4n) is 3.87. The molecule has 0 aliphatic heterocycles. The number of H-pyrrole nitrogens is 1. The summed E-state index contributed by atoms with van der Waals surface area (Å²) in [5, 5.41) is 26.8. The van der Waals surface area contributed by atoms with Crippen molar-refractivity contribution in [2.75, 3.05) is 5.75 Å². The molecule has 13 heteroatoms. The molecule has 1 aromatic heterocycles. The fourth-order valence-corrected chi connectivity index (χ4v) is 4.13. The molecule has 0 bridgehead atoms. The van der Waals surface area contributed by atoms with Gasteiger partial charge in [0.25, 0.3) is 0 Å². The number of carboxylic acid groups (broad SMARTS) is 1. The number of aliphatic carboxylic acids is 1. The van der Waals surface area contributed by atoms with Crippen LogP contribution >= 0.6 is 12.6 Å². The number of hydrogen-bond donors (Lipinski definition) is 8. The van der Waals surface area contributed by atoms with E-state index in [4.69, 9.17) is 5.73 Å². The SMILES string of the molecule is NC(Cc1ccccc1)C(=O)NC(CS)C(=O)NC(Cc1cnc[nH]1)C(=O)NC(Cc1ccc(O)cc1)C(=O)O. The lowest BCUT2D eigenvalue weighted by atomic mass is 10.0. The van der Waals surface area contributed by atoms with Crippen LogP contribution in [0.1, 0.15) is 16.8 Å². The summed E-state index contributed by atoms with van der Waals surface area (Å²) >= 11 is 4.18. The molecule has 0 saturated carbocycles. The Balaban J connectivity index is 1.68. The highest BCUT2D eigenvalue weighted by Gasteiger charge is 2.30. The van der Waals surface area contributed by atoms with E-state index in [9.17, 15) is 29.4 Å². The van der Waals surface area contributed by atoms with Gasteiger partial charge in [0.15, 0.2) is 0 Å². The molecule has 3 rings (SSSR count). The summed E-state index contributed by atoms with van der Waals surface area (Å²) in [7, 11) is 0. The summed E-state index contributed by atoms with van der Waals surface area (Å²) in [6.45, 7) is 0. The van der Waals surface area contributed by atoms with E-state index in [-0.39, 0.29) is 30.8 Å². The molecule has 2 aromatic carbocycles. The number of aromatic hydroxyl groups is 1. The van der Waals surface area contributed by atoms with Gasteiger partial charge in [-0.25, -0.2) is 9.78 Å². The van der Waals surface area contributed by atoms with Gasteiger partial charge in [0.2, 0.25) is 17.7 Å². The predicted octanol–water partition coefficient (Wildman–Crippen LogP) is -0.0607. The minimum Gasteiger partial charge on any atom is -0.508 e. The van der Waals surface area contributed by atoms with Crippen molar-refractivity contribution in [1.82, 2.24) is 25.9 Å². The number of hydrogen-bond acceptors (Lipinski definition) is 8. The Morgan fingerprint density at radius 2 is 1.43 bits per heavy atom. The van der Waals surface area contributed by atoms with Crippen LogP contribution in [0.25, 0.3) is 0 Å². The van der Waals surface area contributed by atoms with Crippen LogP contribution in [0.4, 0.5) is 0 Å². The Hall–Kier alpha value is -4.36. The normalized spacial score (nSPS) is 13.8. The summed E-state index contributed by atoms with van der Waals surface area (Å²) in [5.74, 6) is -3.34. The van der Waals surface area contributed by atoms with E-state index in [0.29, 0.717) is 11.3 Å². The summed E-state index contributed by atoms with van der Waals surface area (Å²) in [6, 6.07) is 10.5. The largest absolute Gasteiger partial charge is 0.508 e. The molecule has 212 valence electrons. The first kappa shape index (κ1) is 30.2. The van der Waals surface area contributed by atoms with Crippen molar-refractivity contribution in [3.05, 3.63) is 83.9 Å². The zero-order valence-corrected chi connectivity index (χ0v) is 22.4. The molecule has 0 saturated heterocycles. The minimum atomic E-state index is -1.31. The number of nitrogens with one attached hydrogen (secondary N) is 4. The van der Waals surface area contributed by atoms with E-state index in [0.717, 1.165) is 5.56 Å². The van der Waals surface area contributed by atoms with Crippen LogP contribution < -0.4 is 21.7 Å². The summed E-state index contributed by atoms with van der Waals surface area (Å²) < 4.78 is 0. The number of thiol groups is 1. The van der Waals surface area contributed by atoms with Crippen molar-refractivity contribution < 1.29 is 29.4 Å². The molecule has 0 aliphatic carbocycles. The van der Waals surface area contributed by atoms with Gasteiger partial charge in [-0.3, -0.25) is 14.4 Å². The monoisotopic (exact) mass is 568 g/mol. The average molecular weight is 569 g/mol. The maximum absolute atomic E-state index is 13.2. The van der Waals surface area contributed by atoms with Crippen LogP contribution in [0.3, 0.4) is 0 Å². The van der Waals surface area contributed by atoms with E-state index >= 15 is 0 Å². The van der Waals surface area contributed by atoms with Gasteiger partial charge in [-0.15, -0.1) is 0 Å². The van der Waals surface area contributed by atoms with E-state index in [2.05, 4.69) is 38.5 Å². The Kier molecular flexibility index (Phi) is 11.1. The number of carboxylic acids is 1. The van der Waals surface area contributed by atoms with Crippen LogP contribution in [0.15, 0.2) is 67.1 Å². The first-order valence-corrected chi connectivity index (χ1v) is 13.1. The molecule has 40 heavy (non-hydrogen) atoms. The molecular formula is C27H32N6O6S. The van der Waals surface area contributed by atoms with E-state index in [1.807, 2.05) is 30.3 Å². The maximum atomic E-state index is 13.2. The third-order valence-corrected chi connectivity index (χ3v) is 6.42. The molecule has 12 nitrogen and oxygen atoms in total. The second-order valence-corrected chi connectivity index (χ2v) is 9.52. The van der Waals surface area contributed by atoms with Crippen molar-refractivity contribution in [1.29, 1.82) is 0 Å². The smallest absolute Gasteiger partial charge is 0.326 e. The number of phenols is 1. The van der Waals surface area contributed by atoms with Crippen LogP contribution in [0, 0.1) is 0 Å². The Morgan fingerprint density at radius 3 is 2.02 bits per heavy atom. The van der Waals surface area contributed by atoms with Gasteiger partial charge in [-0.05, 0) is 29.7 Å². The van der Waals surface area contributed by atoms with Crippen molar-refractivity contribution in [2.24, 2.45) is 5.73 Å². The molecule has 4 atom stereocenters. The van der Waals surface area contributed by atoms with Crippen molar-refractivity contribution in [3.63, 3.8) is 0 Å². The number of nitrogens with zero attached hydrogens (tertiary/aromatic N) is 1. The van der Waals surface area contributed by atoms with E-state index in [1.165, 1.54) is 24.7 Å². The lowest BCUT2D eigenvalue weighted by Gasteiger charge is -2.24. The van der Waals surface area contributed by atoms with Crippen molar-refractivity contribution in [2.45, 2.75) is 43.4 Å². The fraction of sp³-hybridized carbons (Fsp3) is 0.296. The van der Waals surface area contributed by atoms with Gasteiger partial charge < -0.3 is 36.9 Å². The molecule has 3 amide bonds. The highest BCUT2D eigenvalue weighted by Crippen LogP contribution is 2.12. The number of rotatable bonds is 14. The Labute approximate surface area is 236 Å². The van der Waals surface area contributed by atoms with Gasteiger partial charge in [0, 0.05) is 30.5 Å². The molecule has 0 aliphatic rings. The van der Waals surface area contributed by atoms with Gasteiger partial charge in [0.1, 0.15) is 23.9 Å². The highest BCUT2D eigenvalue weighted by molar-refractivity contribution is 7.80. The highest BCUT2D eigenvalue weighted by atomic mass is 32.1. The molecule has 0 radical (unpaired) electrons. The number of carbonyl (C=O) groups is 4. The van der Waals surface area contributed by atoms with Crippen molar-refractivity contribution >= 4 is 36.3 Å². The number of phenolic OH excluding ortho intramolecular Hbond substituents is 1. The molecule has 0 fully saturated rings. The van der Waals surface area contributed by atoms with Gasteiger partial charge in [-0.1, -0.05) is 42.5 Å². The third kappa shape index (κ3) is 9.13. The second-order valence-electron chi connectivity index (χ2n) is 9.15. The lowest BCUT2D eigenvalue weighted by molar-refractivity contribution is -0.142. The Bertz CT molecular complexity index is 1270. The van der Waals surface area contributed by atoms with Crippen LogP contribution in [0.5, 0.6) is 5.75 Å². The Morgan fingerprint density at radius 1 is 0.825 bits per heavy atom. The van der Waals surface area contributed by atoms with Crippen molar-refractivity contribution in [3.8, 4) is 5.75 Å². The van der Waals surface area contributed by atoms with E-state index in [1.54, 1.807) is 12.1 Å². The van der Waals surface area contributed by atoms with Gasteiger partial charge in [0.05, 0.1) is 12.4 Å². The number of amides is 3. The van der Waals surface area contributed by atoms with Crippen LogP contribution in [0.2, 0.25) is 0 Å². The van der Waals surface area contributed by atoms with Crippen LogP contribution in [-0.4, -0.2) is 73.8 Å². The number of benzene rings is 2. The number of carbonyl (C=O) groups excluding carboxylic acids is 3. The summed E-state index contributed by atoms with van der Waals surface area (Å²) in [6.07, 6.45) is 3.06. The quantitative estimate of drug-likeness (QED) is 0.124. The first-order chi connectivity index (χ1) is 19.2. The number of aromatic amines is 1. The van der Waals surface area contributed by atoms with Crippen LogP contribution in [-0.2, 0) is 38.4 Å². The topological polar surface area (TPSA) is 200 Å². The van der Waals surface area contributed by atoms with E-state index < -0.39 is 47.9 Å². The van der Waals surface area contributed by atoms with Gasteiger partial charge >= 0.3 is 5.97 Å². The maximum Gasteiger partial charge on any atom is 0.326 e. The number of aromatic nitrogens is 2. The van der Waals surface area contributed by atoms with Gasteiger partial charge in [-0.2, -0.15) is 12.6 Å². The summed E-state index contributed by atoms with van der Waals surface area (Å²) in [4.78, 5) is 57.7. The zero-order valence-electron chi connectivity index (χ0n) is 21.5. The number of nitrogens with two attached hydrogens (primary N) is 1.